The van der Waals surface area contributed by atoms with Crippen molar-refractivity contribution in [1.82, 2.24) is 15.0 Å². The molecule has 0 saturated heterocycles. The lowest BCUT2D eigenvalue weighted by Gasteiger charge is -2.32. The van der Waals surface area contributed by atoms with Gasteiger partial charge in [0.2, 0.25) is 17.8 Å². The van der Waals surface area contributed by atoms with E-state index in [9.17, 15) is 9.59 Å². The third-order valence-electron chi connectivity index (χ3n) is 6.90. The number of nitrogens with zero attached hydrogens (tertiary/aromatic N) is 3. The largest absolute Gasteiger partial charge is 0.462 e. The van der Waals surface area contributed by atoms with Crippen LogP contribution in [0.2, 0.25) is 32.2 Å². The highest BCUT2D eigenvalue weighted by atomic mass is 28.4. The Morgan fingerprint density at radius 1 is 0.681 bits per heavy atom. The predicted molar refractivity (Wildman–Crippen MR) is 191 cm³/mol. The third kappa shape index (κ3) is 13.4. The molecule has 2 aromatic carbocycles. The molecule has 1 unspecified atom stereocenters. The molecule has 0 fully saturated rings. The fourth-order valence-electron chi connectivity index (χ4n) is 4.44. The molecule has 0 bridgehead atoms. The number of rotatable bonds is 20. The summed E-state index contributed by atoms with van der Waals surface area (Å²) in [5.41, 5.74) is 2.31. The van der Waals surface area contributed by atoms with Crippen LogP contribution in [0.25, 0.3) is 0 Å². The number of aromatic nitrogens is 3. The van der Waals surface area contributed by atoms with Gasteiger partial charge in [-0.3, -0.25) is 0 Å². The van der Waals surface area contributed by atoms with Crippen LogP contribution in [-0.4, -0.2) is 70.6 Å². The van der Waals surface area contributed by atoms with Gasteiger partial charge in [0.1, 0.15) is 0 Å². The number of anilines is 5. The van der Waals surface area contributed by atoms with Gasteiger partial charge < -0.3 is 34.0 Å². The van der Waals surface area contributed by atoms with E-state index in [4.69, 9.17) is 18.0 Å². The number of benzene rings is 2. The summed E-state index contributed by atoms with van der Waals surface area (Å²) >= 11 is 0. The van der Waals surface area contributed by atoms with Gasteiger partial charge >= 0.3 is 20.5 Å². The molecule has 0 aliphatic rings. The topological polar surface area (TPSA) is 146 Å². The Morgan fingerprint density at radius 2 is 1.13 bits per heavy atom. The maximum Gasteiger partial charge on any atom is 0.338 e. The lowest BCUT2D eigenvalue weighted by atomic mass is 10.2. The van der Waals surface area contributed by atoms with Crippen molar-refractivity contribution in [2.24, 2.45) is 0 Å². The van der Waals surface area contributed by atoms with Crippen LogP contribution < -0.4 is 16.0 Å². The number of esters is 2. The summed E-state index contributed by atoms with van der Waals surface area (Å²) < 4.78 is 22.9. The molecule has 0 radical (unpaired) electrons. The van der Waals surface area contributed by atoms with E-state index in [1.807, 2.05) is 13.8 Å². The van der Waals surface area contributed by atoms with Gasteiger partial charge in [0.05, 0.1) is 24.3 Å². The van der Waals surface area contributed by atoms with Crippen LogP contribution >= 0.6 is 0 Å². The second-order valence-electron chi connectivity index (χ2n) is 12.3. The first-order valence-corrected chi connectivity index (χ1v) is 22.2. The highest BCUT2D eigenvalue weighted by Crippen LogP contribution is 2.23. The van der Waals surface area contributed by atoms with E-state index < -0.39 is 16.9 Å². The van der Waals surface area contributed by atoms with Crippen molar-refractivity contribution in [3.8, 4) is 0 Å². The van der Waals surface area contributed by atoms with E-state index in [-0.39, 0.29) is 11.9 Å². The molecular formula is C33H50N6O6Si2. The highest BCUT2D eigenvalue weighted by Gasteiger charge is 2.35. The molecule has 1 heterocycles. The third-order valence-corrected chi connectivity index (χ3v) is 13.2. The maximum absolute atomic E-state index is 12.3. The summed E-state index contributed by atoms with van der Waals surface area (Å²) in [7, 11) is -2.31. The SMILES string of the molecule is CCCCOC(=O)c1ccc(Nc2nc(NCCC[Si](C)(OC)O[Si](C)(C)C)nc(Nc3ccc(C(=O)OCCCC)cc3)n2)cc1. The van der Waals surface area contributed by atoms with Crippen molar-refractivity contribution in [2.45, 2.75) is 78.2 Å². The molecule has 3 aromatic rings. The molecule has 1 aromatic heterocycles. The highest BCUT2D eigenvalue weighted by molar-refractivity contribution is 6.81. The van der Waals surface area contributed by atoms with Gasteiger partial charge in [-0.05, 0) is 100 Å². The van der Waals surface area contributed by atoms with Crippen LogP contribution in [0.5, 0.6) is 0 Å². The van der Waals surface area contributed by atoms with Crippen molar-refractivity contribution in [2.75, 3.05) is 42.8 Å². The zero-order chi connectivity index (χ0) is 34.3. The summed E-state index contributed by atoms with van der Waals surface area (Å²) in [6.07, 6.45) is 4.37. The first-order chi connectivity index (χ1) is 22.4. The lowest BCUT2D eigenvalue weighted by Crippen LogP contribution is -2.46. The Balaban J connectivity index is 1.74. The predicted octanol–water partition coefficient (Wildman–Crippen LogP) is 7.64. The van der Waals surface area contributed by atoms with E-state index in [1.165, 1.54) is 0 Å². The Morgan fingerprint density at radius 3 is 1.53 bits per heavy atom. The molecule has 256 valence electrons. The minimum Gasteiger partial charge on any atom is -0.462 e. The molecule has 1 atom stereocenters. The van der Waals surface area contributed by atoms with Crippen LogP contribution in [0.1, 0.15) is 66.7 Å². The van der Waals surface area contributed by atoms with Crippen molar-refractivity contribution in [1.29, 1.82) is 0 Å². The summed E-state index contributed by atoms with van der Waals surface area (Å²) in [6.45, 7) is 14.1. The molecular weight excluding hydrogens is 633 g/mol. The van der Waals surface area contributed by atoms with Crippen LogP contribution in [0.15, 0.2) is 48.5 Å². The number of ether oxygens (including phenoxy) is 2. The normalized spacial score (nSPS) is 12.6. The van der Waals surface area contributed by atoms with Gasteiger partial charge in [-0.25, -0.2) is 9.59 Å². The van der Waals surface area contributed by atoms with Crippen molar-refractivity contribution in [3.05, 3.63) is 59.7 Å². The number of hydrogen-bond acceptors (Lipinski definition) is 12. The van der Waals surface area contributed by atoms with Crippen LogP contribution in [0.4, 0.5) is 29.2 Å². The monoisotopic (exact) mass is 682 g/mol. The zero-order valence-electron chi connectivity index (χ0n) is 28.8. The fourth-order valence-corrected chi connectivity index (χ4v) is 11.4. The van der Waals surface area contributed by atoms with E-state index in [1.54, 1.807) is 55.6 Å². The van der Waals surface area contributed by atoms with Gasteiger partial charge in [-0.1, -0.05) is 26.7 Å². The average molecular weight is 683 g/mol. The summed E-state index contributed by atoms with van der Waals surface area (Å²) in [5.74, 6) is 0.275. The van der Waals surface area contributed by atoms with Gasteiger partial charge in [-0.15, -0.1) is 0 Å². The molecule has 0 saturated carbocycles. The molecule has 3 rings (SSSR count). The van der Waals surface area contributed by atoms with Crippen LogP contribution in [0.3, 0.4) is 0 Å². The van der Waals surface area contributed by atoms with E-state index >= 15 is 0 Å². The Hall–Kier alpha value is -3.86. The summed E-state index contributed by atoms with van der Waals surface area (Å²) in [4.78, 5) is 38.4. The molecule has 47 heavy (non-hydrogen) atoms. The summed E-state index contributed by atoms with van der Waals surface area (Å²) in [5, 5.41) is 9.72. The zero-order valence-corrected chi connectivity index (χ0v) is 30.8. The quantitative estimate of drug-likeness (QED) is 0.0611. The standard InChI is InChI=1S/C33H50N6O6Si2/c1-8-10-22-43-29(40)25-13-17-27(18-14-25)35-32-37-31(34-21-12-24-47(7,42-3)45-46(4,5)6)38-33(39-32)36-28-19-15-26(16-20-28)30(41)44-23-11-9-2/h13-20H,8-12,21-24H2,1-7H3,(H3,34,35,36,37,38,39). The second-order valence-corrected chi connectivity index (χ2v) is 20.5. The van der Waals surface area contributed by atoms with Gasteiger partial charge in [0.15, 0.2) is 8.32 Å². The van der Waals surface area contributed by atoms with E-state index in [0.29, 0.717) is 60.1 Å². The summed E-state index contributed by atoms with van der Waals surface area (Å²) in [6, 6.07) is 14.7. The number of hydrogen-bond donors (Lipinski definition) is 3. The first-order valence-electron chi connectivity index (χ1n) is 16.3. The number of unbranched alkanes of at least 4 members (excludes halogenated alkanes) is 2. The number of carbonyl (C=O) groups is 2. The molecule has 0 amide bonds. The Labute approximate surface area is 280 Å². The average Bonchev–Trinajstić information content (AvgIpc) is 3.03. The second kappa shape index (κ2) is 18.5. The Kier molecular flexibility index (Phi) is 14.8. The van der Waals surface area contributed by atoms with Crippen molar-refractivity contribution >= 4 is 58.0 Å². The minimum atomic E-state index is -2.29. The first kappa shape index (κ1) is 37.6. The molecule has 0 spiro atoms. The lowest BCUT2D eigenvalue weighted by molar-refractivity contribution is 0.0490. The minimum absolute atomic E-state index is 0.303. The van der Waals surface area contributed by atoms with E-state index in [0.717, 1.165) is 38.1 Å². The molecule has 0 aliphatic carbocycles. The Bertz CT molecular complexity index is 1340. The van der Waals surface area contributed by atoms with Crippen molar-refractivity contribution in [3.63, 3.8) is 0 Å². The van der Waals surface area contributed by atoms with Gasteiger partial charge in [0, 0.05) is 25.0 Å². The molecule has 12 nitrogen and oxygen atoms in total. The number of nitrogens with one attached hydrogen (secondary N) is 3. The maximum atomic E-state index is 12.3. The van der Waals surface area contributed by atoms with E-state index in [2.05, 4.69) is 57.1 Å². The van der Waals surface area contributed by atoms with Crippen LogP contribution in [0, 0.1) is 0 Å². The van der Waals surface area contributed by atoms with Crippen LogP contribution in [-0.2, 0) is 18.0 Å². The fraction of sp³-hybridized carbons (Fsp3) is 0.485. The smallest absolute Gasteiger partial charge is 0.338 e. The van der Waals surface area contributed by atoms with Gasteiger partial charge in [0.25, 0.3) is 0 Å². The van der Waals surface area contributed by atoms with Crippen molar-refractivity contribution < 1.29 is 27.6 Å². The molecule has 0 aliphatic heterocycles. The number of carbonyl (C=O) groups excluding carboxylic acids is 2. The molecule has 3 N–H and O–H groups in total. The van der Waals surface area contributed by atoms with Gasteiger partial charge in [-0.2, -0.15) is 15.0 Å². The molecule has 14 heteroatoms.